The molecule has 3 rings (SSSR count). The lowest BCUT2D eigenvalue weighted by molar-refractivity contribution is -0.281. The van der Waals surface area contributed by atoms with Crippen LogP contribution in [0.3, 0.4) is 0 Å². The van der Waals surface area contributed by atoms with Crippen molar-refractivity contribution in [3.63, 3.8) is 0 Å². The van der Waals surface area contributed by atoms with Gasteiger partial charge in [-0.1, -0.05) is 41.0 Å². The van der Waals surface area contributed by atoms with Gasteiger partial charge in [0.05, 0.1) is 24.0 Å². The molecular weight excluding hydrogens is 500 g/mol. The number of hydrogen-bond donors (Lipinski definition) is 1. The summed E-state index contributed by atoms with van der Waals surface area (Å²) in [5.41, 5.74) is -0.539. The van der Waals surface area contributed by atoms with Gasteiger partial charge in [-0.15, -0.1) is 0 Å². The number of esters is 2. The molecule has 8 atom stereocenters. The second-order valence-corrected chi connectivity index (χ2v) is 19.2. The molecule has 0 amide bonds. The lowest BCUT2D eigenvalue weighted by Gasteiger charge is -2.50. The highest BCUT2D eigenvalue weighted by molar-refractivity contribution is 6.73. The quantitative estimate of drug-likeness (QED) is 0.149. The summed E-state index contributed by atoms with van der Waals surface area (Å²) in [6.07, 6.45) is 5.51. The van der Waals surface area contributed by atoms with Crippen molar-refractivity contribution in [2.45, 2.75) is 149 Å². The summed E-state index contributed by atoms with van der Waals surface area (Å²) in [7, 11) is -2.08. The third kappa shape index (κ3) is 7.61. The Morgan fingerprint density at radius 3 is 2.37 bits per heavy atom. The molecule has 3 aliphatic rings. The Morgan fingerprint density at radius 1 is 1.08 bits per heavy atom. The van der Waals surface area contributed by atoms with Gasteiger partial charge in [-0.25, -0.2) is 4.89 Å². The van der Waals surface area contributed by atoms with Crippen molar-refractivity contribution < 1.29 is 33.6 Å². The first-order valence-electron chi connectivity index (χ1n) is 15.0. The smallest absolute Gasteiger partial charge is 0.311 e. The van der Waals surface area contributed by atoms with Gasteiger partial charge >= 0.3 is 11.9 Å². The zero-order valence-corrected chi connectivity index (χ0v) is 26.4. The fraction of sp³-hybridized carbons (Fsp3) is 0.933. The Kier molecular flexibility index (Phi) is 10.2. The lowest BCUT2D eigenvalue weighted by Crippen LogP contribution is -2.51. The zero-order chi connectivity index (χ0) is 28.5. The number of aliphatic hydroxyl groups excluding tert-OH is 1. The minimum atomic E-state index is -2.08. The molecule has 38 heavy (non-hydrogen) atoms. The number of ether oxygens (including phenoxy) is 2. The van der Waals surface area contributed by atoms with E-state index in [4.69, 9.17) is 18.9 Å². The van der Waals surface area contributed by atoms with Crippen molar-refractivity contribution in [2.24, 2.45) is 29.1 Å². The summed E-state index contributed by atoms with van der Waals surface area (Å²) in [5, 5.41) is 10.1. The maximum absolute atomic E-state index is 13.3. The van der Waals surface area contributed by atoms with Crippen LogP contribution in [0.25, 0.3) is 0 Å². The molecule has 7 nitrogen and oxygen atoms in total. The van der Waals surface area contributed by atoms with E-state index in [1.165, 1.54) is 0 Å². The van der Waals surface area contributed by atoms with Gasteiger partial charge in [0.25, 0.3) is 0 Å². The number of aliphatic hydroxyl groups is 1. The Hall–Kier alpha value is -0.963. The molecule has 3 fully saturated rings. The van der Waals surface area contributed by atoms with Crippen molar-refractivity contribution in [3.05, 3.63) is 0 Å². The largest absolute Gasteiger partial charge is 0.462 e. The number of cyclic esters (lactones) is 1. The molecule has 1 N–H and O–H groups in total. The first-order chi connectivity index (χ1) is 17.5. The normalized spacial score (nSPS) is 34.8. The predicted octanol–water partition coefficient (Wildman–Crippen LogP) is 6.58. The molecule has 0 aromatic rings. The number of carbonyl (C=O) groups is 2. The summed E-state index contributed by atoms with van der Waals surface area (Å²) < 4.78 is 18.1. The standard InChI is InChI=1S/C30H54O7Si/c1-10-30(6,7)28(33)35-25-18-23(36-37-38(8,9)29(3,4)5)15-20-12-11-19(2)24(27(20)25)14-13-22-16-21(31)17-26(32)34-22/h19-25,27,31H,10-18H2,1-9H3/t19-,20-,21+,22-,23+,24-,25-,27-/m0/s1. The van der Waals surface area contributed by atoms with Crippen LogP contribution in [0.1, 0.15) is 106 Å². The summed E-state index contributed by atoms with van der Waals surface area (Å²) in [4.78, 5) is 31.4. The van der Waals surface area contributed by atoms with Crippen LogP contribution in [-0.2, 0) is 28.5 Å². The highest BCUT2D eigenvalue weighted by Gasteiger charge is 2.50. The highest BCUT2D eigenvalue weighted by atomic mass is 28.4. The molecule has 1 aliphatic heterocycles. The second kappa shape index (κ2) is 12.3. The van der Waals surface area contributed by atoms with Crippen LogP contribution >= 0.6 is 0 Å². The predicted molar refractivity (Wildman–Crippen MR) is 150 cm³/mol. The summed E-state index contributed by atoms with van der Waals surface area (Å²) in [5.74, 6) is 1.03. The fourth-order valence-electron chi connectivity index (χ4n) is 6.17. The van der Waals surface area contributed by atoms with Crippen LogP contribution in [0.5, 0.6) is 0 Å². The molecule has 8 heteroatoms. The van der Waals surface area contributed by atoms with Crippen LogP contribution in [-0.4, -0.2) is 49.8 Å². The minimum absolute atomic E-state index is 0.0444. The molecule has 0 bridgehead atoms. The van der Waals surface area contributed by atoms with Crippen LogP contribution < -0.4 is 0 Å². The Bertz CT molecular complexity index is 820. The Balaban J connectivity index is 1.78. The molecular formula is C30H54O7Si. The van der Waals surface area contributed by atoms with Gasteiger partial charge in [0, 0.05) is 18.8 Å². The van der Waals surface area contributed by atoms with E-state index in [2.05, 4.69) is 40.8 Å². The van der Waals surface area contributed by atoms with Gasteiger partial charge in [-0.05, 0) is 81.8 Å². The third-order valence-electron chi connectivity index (χ3n) is 10.2. The molecule has 0 spiro atoms. The maximum atomic E-state index is 13.3. The maximum Gasteiger partial charge on any atom is 0.311 e. The van der Waals surface area contributed by atoms with Crippen LogP contribution in [0, 0.1) is 29.1 Å². The molecule has 0 radical (unpaired) electrons. The van der Waals surface area contributed by atoms with E-state index < -0.39 is 19.8 Å². The van der Waals surface area contributed by atoms with E-state index in [0.717, 1.165) is 38.5 Å². The summed E-state index contributed by atoms with van der Waals surface area (Å²) in [6.45, 7) is 19.2. The SMILES string of the molecule is CCC(C)(C)C(=O)O[C@H]1C[C@H](OO[Si](C)(C)C(C)(C)C)C[C@@H]2CC[C@H](C)[C@H](CC[C@H]3C[C@@H](O)CC(=O)O3)[C@H]21. The average molecular weight is 555 g/mol. The van der Waals surface area contributed by atoms with Crippen molar-refractivity contribution in [1.82, 2.24) is 0 Å². The Morgan fingerprint density at radius 2 is 1.76 bits per heavy atom. The molecule has 220 valence electrons. The molecule has 0 aromatic heterocycles. The highest BCUT2D eigenvalue weighted by Crippen LogP contribution is 2.50. The number of hydrogen-bond acceptors (Lipinski definition) is 7. The van der Waals surface area contributed by atoms with Crippen molar-refractivity contribution in [1.29, 1.82) is 0 Å². The van der Waals surface area contributed by atoms with Gasteiger partial charge in [-0.2, -0.15) is 0 Å². The molecule has 2 saturated carbocycles. The first kappa shape index (κ1) is 31.6. The molecule has 0 aromatic carbocycles. The van der Waals surface area contributed by atoms with Crippen LogP contribution in [0.15, 0.2) is 0 Å². The van der Waals surface area contributed by atoms with E-state index in [9.17, 15) is 14.7 Å². The van der Waals surface area contributed by atoms with Gasteiger partial charge in [-0.3, -0.25) is 14.2 Å². The third-order valence-corrected chi connectivity index (χ3v) is 14.3. The molecule has 0 unspecified atom stereocenters. The van der Waals surface area contributed by atoms with Gasteiger partial charge in [0.2, 0.25) is 8.32 Å². The Labute approximate surface area is 231 Å². The zero-order valence-electron chi connectivity index (χ0n) is 25.4. The number of fused-ring (bicyclic) bond motifs is 1. The monoisotopic (exact) mass is 554 g/mol. The van der Waals surface area contributed by atoms with E-state index in [0.29, 0.717) is 30.6 Å². The van der Waals surface area contributed by atoms with Crippen molar-refractivity contribution in [3.8, 4) is 0 Å². The second-order valence-electron chi connectivity index (χ2n) is 14.6. The topological polar surface area (TPSA) is 91.3 Å². The van der Waals surface area contributed by atoms with E-state index in [-0.39, 0.29) is 47.6 Å². The number of carbonyl (C=O) groups excluding carboxylic acids is 2. The summed E-state index contributed by atoms with van der Waals surface area (Å²) >= 11 is 0. The number of rotatable bonds is 9. The van der Waals surface area contributed by atoms with E-state index in [1.54, 1.807) is 0 Å². The van der Waals surface area contributed by atoms with Crippen molar-refractivity contribution in [2.75, 3.05) is 0 Å². The molecule has 2 aliphatic carbocycles. The minimum Gasteiger partial charge on any atom is -0.462 e. The molecule has 1 heterocycles. The van der Waals surface area contributed by atoms with Gasteiger partial charge in [0.1, 0.15) is 12.2 Å². The van der Waals surface area contributed by atoms with Gasteiger partial charge < -0.3 is 14.6 Å². The molecule has 1 saturated heterocycles. The average Bonchev–Trinajstić information content (AvgIpc) is 2.81. The summed E-state index contributed by atoms with van der Waals surface area (Å²) in [6, 6.07) is 0. The van der Waals surface area contributed by atoms with Crippen LogP contribution in [0.2, 0.25) is 18.1 Å². The van der Waals surface area contributed by atoms with Crippen LogP contribution in [0.4, 0.5) is 0 Å². The van der Waals surface area contributed by atoms with E-state index >= 15 is 0 Å². The van der Waals surface area contributed by atoms with Gasteiger partial charge in [0.15, 0.2) is 0 Å². The van der Waals surface area contributed by atoms with E-state index in [1.807, 2.05) is 20.8 Å². The lowest BCUT2D eigenvalue weighted by atomic mass is 9.59. The van der Waals surface area contributed by atoms with Crippen molar-refractivity contribution >= 4 is 20.3 Å². The fourth-order valence-corrected chi connectivity index (χ4v) is 6.80. The first-order valence-corrected chi connectivity index (χ1v) is 17.9.